The Morgan fingerprint density at radius 2 is 1.65 bits per heavy atom. The van der Waals surface area contributed by atoms with Gasteiger partial charge in [0, 0.05) is 48.8 Å². The van der Waals surface area contributed by atoms with Gasteiger partial charge in [0.15, 0.2) is 5.82 Å². The van der Waals surface area contributed by atoms with E-state index in [1.807, 2.05) is 25.3 Å². The number of hydrogen-bond donors (Lipinski definition) is 0. The molecule has 2 saturated carbocycles. The molecule has 0 spiro atoms. The summed E-state index contributed by atoms with van der Waals surface area (Å²) in [6.45, 7) is 2.05. The summed E-state index contributed by atoms with van der Waals surface area (Å²) in [6.07, 6.45) is 8.90. The van der Waals surface area contributed by atoms with Crippen LogP contribution >= 0.6 is 0 Å². The number of anilines is 1. The summed E-state index contributed by atoms with van der Waals surface area (Å²) in [5, 5.41) is 0. The molecule has 2 aromatic heterocycles. The molecule has 26 heavy (non-hydrogen) atoms. The number of aryl methyl sites for hydroxylation is 1. The Labute approximate surface area is 156 Å². The second-order valence-corrected chi connectivity index (χ2v) is 8.28. The molecule has 0 amide bonds. The van der Waals surface area contributed by atoms with E-state index >= 15 is 0 Å². The van der Waals surface area contributed by atoms with Gasteiger partial charge in [0.1, 0.15) is 5.82 Å². The Bertz CT molecular complexity index is 746. The molecular formula is C21H29N5. The van der Waals surface area contributed by atoms with Crippen molar-refractivity contribution >= 4 is 5.82 Å². The van der Waals surface area contributed by atoms with E-state index in [1.54, 1.807) is 6.20 Å². The van der Waals surface area contributed by atoms with Crippen molar-refractivity contribution in [3.63, 3.8) is 0 Å². The van der Waals surface area contributed by atoms with Gasteiger partial charge in [-0.15, -0.1) is 0 Å². The molecule has 2 aliphatic rings. The molecule has 2 unspecified atom stereocenters. The van der Waals surface area contributed by atoms with Crippen LogP contribution in [0.2, 0.25) is 0 Å². The predicted molar refractivity (Wildman–Crippen MR) is 105 cm³/mol. The Balaban J connectivity index is 1.51. The minimum Gasteiger partial charge on any atom is -0.357 e. The van der Waals surface area contributed by atoms with Crippen molar-refractivity contribution in [1.82, 2.24) is 19.9 Å². The van der Waals surface area contributed by atoms with E-state index in [0.717, 1.165) is 40.8 Å². The molecule has 0 bridgehead atoms. The molecule has 138 valence electrons. The average Bonchev–Trinajstić information content (AvgIpc) is 3.20. The molecule has 0 aromatic carbocycles. The van der Waals surface area contributed by atoms with Gasteiger partial charge in [0.25, 0.3) is 0 Å². The van der Waals surface area contributed by atoms with Crippen LogP contribution in [0.1, 0.15) is 31.4 Å². The summed E-state index contributed by atoms with van der Waals surface area (Å²) in [7, 11) is 6.64. The highest BCUT2D eigenvalue weighted by Gasteiger charge is 2.43. The second kappa shape index (κ2) is 6.95. The minimum absolute atomic E-state index is 0.587. The van der Waals surface area contributed by atoms with Crippen LogP contribution in [0.5, 0.6) is 0 Å². The summed E-state index contributed by atoms with van der Waals surface area (Å²) in [5.41, 5.74) is 1.98. The number of hydrogen-bond acceptors (Lipinski definition) is 5. The normalized spacial score (nSPS) is 27.7. The number of fused-ring (bicyclic) bond motifs is 1. The summed E-state index contributed by atoms with van der Waals surface area (Å²) >= 11 is 0. The molecule has 4 atom stereocenters. The second-order valence-electron chi connectivity index (χ2n) is 8.28. The first kappa shape index (κ1) is 17.4. The number of pyridine rings is 1. The smallest absolute Gasteiger partial charge is 0.163 e. The zero-order chi connectivity index (χ0) is 18.3. The number of rotatable bonds is 4. The quantitative estimate of drug-likeness (QED) is 0.845. The predicted octanol–water partition coefficient (Wildman–Crippen LogP) is 3.40. The molecule has 0 aliphatic heterocycles. The standard InChI is InChI=1S/C21H29N5/c1-14-8-20(24-21(23-14)15-6-5-7-22-13-15)26(4)19-11-16-9-18(25(2)3)10-17(16)12-19/h5-8,13,16-19H,9-12H2,1-4H3/t16-,17+,18?,19?. The highest BCUT2D eigenvalue weighted by Crippen LogP contribution is 2.47. The molecule has 0 radical (unpaired) electrons. The maximum Gasteiger partial charge on any atom is 0.163 e. The van der Waals surface area contributed by atoms with Crippen LogP contribution in [0.4, 0.5) is 5.82 Å². The Hall–Kier alpha value is -2.01. The summed E-state index contributed by atoms with van der Waals surface area (Å²) in [5.74, 6) is 3.54. The molecule has 2 fully saturated rings. The first-order valence-electron chi connectivity index (χ1n) is 9.66. The van der Waals surface area contributed by atoms with Crippen LogP contribution in [-0.4, -0.2) is 53.1 Å². The first-order chi connectivity index (χ1) is 12.5. The van der Waals surface area contributed by atoms with E-state index in [-0.39, 0.29) is 0 Å². The van der Waals surface area contributed by atoms with E-state index < -0.39 is 0 Å². The Morgan fingerprint density at radius 3 is 2.27 bits per heavy atom. The van der Waals surface area contributed by atoms with Crippen molar-refractivity contribution in [3.05, 3.63) is 36.3 Å². The lowest BCUT2D eigenvalue weighted by atomic mass is 10.0. The van der Waals surface area contributed by atoms with Gasteiger partial charge in [0.05, 0.1) is 0 Å². The molecule has 5 nitrogen and oxygen atoms in total. The van der Waals surface area contributed by atoms with Crippen molar-refractivity contribution in [2.24, 2.45) is 11.8 Å². The van der Waals surface area contributed by atoms with Crippen molar-refractivity contribution < 1.29 is 0 Å². The lowest BCUT2D eigenvalue weighted by molar-refractivity contribution is 0.281. The van der Waals surface area contributed by atoms with Gasteiger partial charge in [-0.3, -0.25) is 4.98 Å². The largest absolute Gasteiger partial charge is 0.357 e. The maximum absolute atomic E-state index is 4.85. The van der Waals surface area contributed by atoms with Crippen molar-refractivity contribution in [2.45, 2.75) is 44.7 Å². The number of nitrogens with zero attached hydrogens (tertiary/aromatic N) is 5. The third kappa shape index (κ3) is 3.32. The Morgan fingerprint density at radius 1 is 0.962 bits per heavy atom. The van der Waals surface area contributed by atoms with E-state index in [2.05, 4.69) is 47.0 Å². The van der Waals surface area contributed by atoms with Crippen LogP contribution in [-0.2, 0) is 0 Å². The fourth-order valence-electron chi connectivity index (χ4n) is 4.83. The van der Waals surface area contributed by atoms with E-state index in [9.17, 15) is 0 Å². The van der Waals surface area contributed by atoms with Gasteiger partial charge in [0.2, 0.25) is 0 Å². The fraction of sp³-hybridized carbons (Fsp3) is 0.571. The van der Waals surface area contributed by atoms with Gasteiger partial charge >= 0.3 is 0 Å². The fourth-order valence-corrected chi connectivity index (χ4v) is 4.83. The summed E-state index contributed by atoms with van der Waals surface area (Å²) in [6, 6.07) is 7.42. The number of aromatic nitrogens is 3. The third-order valence-electron chi connectivity index (χ3n) is 6.37. The van der Waals surface area contributed by atoms with Gasteiger partial charge in [-0.05, 0) is 70.7 Å². The molecule has 4 rings (SSSR count). The lowest BCUT2D eigenvalue weighted by Gasteiger charge is -2.28. The monoisotopic (exact) mass is 351 g/mol. The highest BCUT2D eigenvalue weighted by molar-refractivity contribution is 5.56. The van der Waals surface area contributed by atoms with Crippen LogP contribution in [0, 0.1) is 18.8 Å². The van der Waals surface area contributed by atoms with Crippen LogP contribution in [0.25, 0.3) is 11.4 Å². The van der Waals surface area contributed by atoms with Crippen molar-refractivity contribution in [3.8, 4) is 11.4 Å². The van der Waals surface area contributed by atoms with Crippen LogP contribution < -0.4 is 4.90 Å². The van der Waals surface area contributed by atoms with E-state index in [4.69, 9.17) is 4.98 Å². The van der Waals surface area contributed by atoms with Gasteiger partial charge in [-0.25, -0.2) is 9.97 Å². The molecule has 2 aromatic rings. The molecule has 0 N–H and O–H groups in total. The molecule has 5 heteroatoms. The minimum atomic E-state index is 0.587. The van der Waals surface area contributed by atoms with Crippen LogP contribution in [0.15, 0.2) is 30.6 Å². The first-order valence-corrected chi connectivity index (χ1v) is 9.66. The Kier molecular flexibility index (Phi) is 4.65. The van der Waals surface area contributed by atoms with Crippen molar-refractivity contribution in [2.75, 3.05) is 26.0 Å². The molecule has 2 heterocycles. The van der Waals surface area contributed by atoms with E-state index in [1.165, 1.54) is 25.7 Å². The topological polar surface area (TPSA) is 45.2 Å². The summed E-state index contributed by atoms with van der Waals surface area (Å²) in [4.78, 5) is 18.5. The zero-order valence-corrected chi connectivity index (χ0v) is 16.3. The third-order valence-corrected chi connectivity index (χ3v) is 6.37. The molecular weight excluding hydrogens is 322 g/mol. The zero-order valence-electron chi connectivity index (χ0n) is 16.3. The molecule has 0 saturated heterocycles. The summed E-state index contributed by atoms with van der Waals surface area (Å²) < 4.78 is 0. The molecule has 2 aliphatic carbocycles. The lowest BCUT2D eigenvalue weighted by Crippen LogP contribution is -2.32. The van der Waals surface area contributed by atoms with Gasteiger partial charge in [-0.2, -0.15) is 0 Å². The van der Waals surface area contributed by atoms with Gasteiger partial charge < -0.3 is 9.80 Å². The average molecular weight is 351 g/mol. The van der Waals surface area contributed by atoms with Gasteiger partial charge in [-0.1, -0.05) is 0 Å². The van der Waals surface area contributed by atoms with E-state index in [0.29, 0.717) is 6.04 Å². The SMILES string of the molecule is Cc1cc(N(C)C2C[C@H]3CC(N(C)C)C[C@H]3C2)nc(-c2cccnc2)n1. The highest BCUT2D eigenvalue weighted by atomic mass is 15.2. The maximum atomic E-state index is 4.85. The van der Waals surface area contributed by atoms with Crippen molar-refractivity contribution in [1.29, 1.82) is 0 Å². The van der Waals surface area contributed by atoms with Crippen LogP contribution in [0.3, 0.4) is 0 Å².